The van der Waals surface area contributed by atoms with E-state index in [0.29, 0.717) is 6.54 Å². The standard InChI is InChI=1S/C15H23FN2O2/c1-10(2)17-15(19)11(3)18(4)9-12-6-7-14(20-5)13(16)8-12/h6-8,10-11H,9H2,1-5H3,(H,17,19)/p+1/t11-/m1/s1. The van der Waals surface area contributed by atoms with E-state index in [9.17, 15) is 9.18 Å². The third-order valence-electron chi connectivity index (χ3n) is 3.26. The number of amides is 1. The third-order valence-corrected chi connectivity index (χ3v) is 3.26. The lowest BCUT2D eigenvalue weighted by Gasteiger charge is -2.22. The van der Waals surface area contributed by atoms with Gasteiger partial charge in [0.05, 0.1) is 14.2 Å². The third kappa shape index (κ3) is 4.49. The highest BCUT2D eigenvalue weighted by atomic mass is 19.1. The van der Waals surface area contributed by atoms with Crippen molar-refractivity contribution in [2.75, 3.05) is 14.2 Å². The van der Waals surface area contributed by atoms with E-state index in [4.69, 9.17) is 4.74 Å². The van der Waals surface area contributed by atoms with Crippen molar-refractivity contribution < 1.29 is 18.8 Å². The molecular formula is C15H24FN2O2+. The maximum Gasteiger partial charge on any atom is 0.278 e. The van der Waals surface area contributed by atoms with Gasteiger partial charge in [0.2, 0.25) is 0 Å². The molecule has 5 heteroatoms. The van der Waals surface area contributed by atoms with E-state index in [2.05, 4.69) is 5.32 Å². The van der Waals surface area contributed by atoms with Crippen LogP contribution in [-0.2, 0) is 11.3 Å². The second kappa shape index (κ2) is 7.24. The molecule has 1 rings (SSSR count). The first-order chi connectivity index (χ1) is 9.35. The lowest BCUT2D eigenvalue weighted by atomic mass is 10.1. The van der Waals surface area contributed by atoms with Crippen molar-refractivity contribution in [2.45, 2.75) is 39.4 Å². The summed E-state index contributed by atoms with van der Waals surface area (Å²) in [6, 6.07) is 4.81. The Hall–Kier alpha value is -1.62. The highest BCUT2D eigenvalue weighted by Gasteiger charge is 2.22. The molecule has 0 saturated heterocycles. The van der Waals surface area contributed by atoms with Crippen LogP contribution >= 0.6 is 0 Å². The van der Waals surface area contributed by atoms with Crippen LogP contribution in [0.2, 0.25) is 0 Å². The predicted octanol–water partition coefficient (Wildman–Crippen LogP) is 0.762. The van der Waals surface area contributed by atoms with Crippen molar-refractivity contribution in [2.24, 2.45) is 0 Å². The van der Waals surface area contributed by atoms with Gasteiger partial charge in [-0.1, -0.05) is 0 Å². The van der Waals surface area contributed by atoms with Gasteiger partial charge in [-0.05, 0) is 39.0 Å². The summed E-state index contributed by atoms with van der Waals surface area (Å²) in [6.07, 6.45) is 0. The zero-order chi connectivity index (χ0) is 15.3. The van der Waals surface area contributed by atoms with Gasteiger partial charge in [0.15, 0.2) is 17.6 Å². The summed E-state index contributed by atoms with van der Waals surface area (Å²) in [5.41, 5.74) is 0.838. The zero-order valence-corrected chi connectivity index (χ0v) is 12.8. The van der Waals surface area contributed by atoms with Crippen molar-refractivity contribution in [3.63, 3.8) is 0 Å². The maximum absolute atomic E-state index is 13.6. The molecule has 0 heterocycles. The Kier molecular flexibility index (Phi) is 5.95. The zero-order valence-electron chi connectivity index (χ0n) is 12.8. The van der Waals surface area contributed by atoms with Crippen molar-refractivity contribution in [3.05, 3.63) is 29.6 Å². The predicted molar refractivity (Wildman–Crippen MR) is 76.3 cm³/mol. The van der Waals surface area contributed by atoms with Gasteiger partial charge in [0.1, 0.15) is 6.54 Å². The van der Waals surface area contributed by atoms with Gasteiger partial charge in [-0.3, -0.25) is 4.79 Å². The van der Waals surface area contributed by atoms with Crippen LogP contribution in [0.1, 0.15) is 26.3 Å². The van der Waals surface area contributed by atoms with Crippen molar-refractivity contribution in [1.29, 1.82) is 0 Å². The molecule has 1 amide bonds. The number of carbonyl (C=O) groups is 1. The molecule has 0 bridgehead atoms. The van der Waals surface area contributed by atoms with Crippen LogP contribution in [0, 0.1) is 5.82 Å². The summed E-state index contributed by atoms with van der Waals surface area (Å²) in [6.45, 7) is 6.30. The number of hydrogen-bond donors (Lipinski definition) is 2. The minimum atomic E-state index is -0.378. The number of benzene rings is 1. The number of methoxy groups -OCH3 is 1. The number of hydrogen-bond acceptors (Lipinski definition) is 2. The average molecular weight is 283 g/mol. The van der Waals surface area contributed by atoms with Gasteiger partial charge < -0.3 is 15.0 Å². The fourth-order valence-electron chi connectivity index (χ4n) is 1.93. The highest BCUT2D eigenvalue weighted by Crippen LogP contribution is 2.17. The Balaban J connectivity index is 2.67. The lowest BCUT2D eigenvalue weighted by Crippen LogP contribution is -3.12. The summed E-state index contributed by atoms with van der Waals surface area (Å²) < 4.78 is 18.5. The van der Waals surface area contributed by atoms with Crippen LogP contribution in [-0.4, -0.2) is 32.1 Å². The number of ether oxygens (including phenoxy) is 1. The lowest BCUT2D eigenvalue weighted by molar-refractivity contribution is -0.908. The first-order valence-electron chi connectivity index (χ1n) is 6.80. The summed E-state index contributed by atoms with van der Waals surface area (Å²) in [5.74, 6) is -0.138. The second-order valence-electron chi connectivity index (χ2n) is 5.38. The minimum absolute atomic E-state index is 0.00600. The van der Waals surface area contributed by atoms with Gasteiger partial charge in [0.25, 0.3) is 5.91 Å². The summed E-state index contributed by atoms with van der Waals surface area (Å²) in [7, 11) is 3.36. The van der Waals surface area contributed by atoms with Gasteiger partial charge in [-0.2, -0.15) is 0 Å². The molecular weight excluding hydrogens is 259 g/mol. The Morgan fingerprint density at radius 1 is 1.40 bits per heavy atom. The topological polar surface area (TPSA) is 42.8 Å². The number of quaternary nitrogens is 1. The normalized spacial score (nSPS) is 13.9. The molecule has 20 heavy (non-hydrogen) atoms. The van der Waals surface area contributed by atoms with E-state index < -0.39 is 0 Å². The highest BCUT2D eigenvalue weighted by molar-refractivity contribution is 5.80. The van der Waals surface area contributed by atoms with Gasteiger partial charge in [-0.25, -0.2) is 4.39 Å². The first kappa shape index (κ1) is 16.4. The van der Waals surface area contributed by atoms with Gasteiger partial charge >= 0.3 is 0 Å². The Bertz CT molecular complexity index is 463. The first-order valence-corrected chi connectivity index (χ1v) is 6.80. The van der Waals surface area contributed by atoms with Crippen molar-refractivity contribution >= 4 is 5.91 Å². The fourth-order valence-corrected chi connectivity index (χ4v) is 1.93. The SMILES string of the molecule is COc1ccc(C[NH+](C)[C@H](C)C(=O)NC(C)C)cc1F. The van der Waals surface area contributed by atoms with Crippen molar-refractivity contribution in [3.8, 4) is 5.75 Å². The Morgan fingerprint density at radius 3 is 2.55 bits per heavy atom. The van der Waals surface area contributed by atoms with Crippen LogP contribution in [0.5, 0.6) is 5.75 Å². The summed E-state index contributed by atoms with van der Waals surface area (Å²) >= 11 is 0. The van der Waals surface area contributed by atoms with E-state index in [-0.39, 0.29) is 29.6 Å². The van der Waals surface area contributed by atoms with Crippen LogP contribution in [0.3, 0.4) is 0 Å². The van der Waals surface area contributed by atoms with Crippen molar-refractivity contribution in [1.82, 2.24) is 5.32 Å². The molecule has 2 atom stereocenters. The van der Waals surface area contributed by atoms with Crippen LogP contribution in [0.25, 0.3) is 0 Å². The largest absolute Gasteiger partial charge is 0.494 e. The molecule has 0 saturated carbocycles. The number of likely N-dealkylation sites (N-methyl/N-ethyl adjacent to an activating group) is 1. The molecule has 0 aliphatic rings. The van der Waals surface area contributed by atoms with Gasteiger partial charge in [-0.15, -0.1) is 0 Å². The molecule has 0 aliphatic carbocycles. The number of rotatable bonds is 6. The quantitative estimate of drug-likeness (QED) is 0.809. The fraction of sp³-hybridized carbons (Fsp3) is 0.533. The molecule has 4 nitrogen and oxygen atoms in total. The van der Waals surface area contributed by atoms with E-state index >= 15 is 0 Å². The Labute approximate surface area is 119 Å². The molecule has 0 radical (unpaired) electrons. The molecule has 2 N–H and O–H groups in total. The molecule has 0 spiro atoms. The molecule has 1 aromatic carbocycles. The molecule has 1 unspecified atom stereocenters. The monoisotopic (exact) mass is 283 g/mol. The summed E-state index contributed by atoms with van der Waals surface area (Å²) in [5, 5.41) is 2.88. The minimum Gasteiger partial charge on any atom is -0.494 e. The van der Waals surface area contributed by atoms with E-state index in [1.54, 1.807) is 6.07 Å². The van der Waals surface area contributed by atoms with Crippen LogP contribution in [0.15, 0.2) is 18.2 Å². The Morgan fingerprint density at radius 2 is 2.05 bits per heavy atom. The number of carbonyl (C=O) groups excluding carboxylic acids is 1. The maximum atomic E-state index is 13.6. The summed E-state index contributed by atoms with van der Waals surface area (Å²) in [4.78, 5) is 12.9. The van der Waals surface area contributed by atoms with E-state index in [1.807, 2.05) is 33.9 Å². The molecule has 0 aliphatic heterocycles. The average Bonchev–Trinajstić information content (AvgIpc) is 2.37. The van der Waals surface area contributed by atoms with Crippen LogP contribution < -0.4 is 15.0 Å². The van der Waals surface area contributed by atoms with Gasteiger partial charge in [0, 0.05) is 11.6 Å². The second-order valence-corrected chi connectivity index (χ2v) is 5.38. The number of nitrogens with one attached hydrogen (secondary N) is 2. The molecule has 112 valence electrons. The molecule has 0 fully saturated rings. The smallest absolute Gasteiger partial charge is 0.278 e. The molecule has 1 aromatic rings. The molecule has 0 aromatic heterocycles. The number of halogens is 1. The van der Waals surface area contributed by atoms with E-state index in [0.717, 1.165) is 10.5 Å². The van der Waals surface area contributed by atoms with Crippen LogP contribution in [0.4, 0.5) is 4.39 Å². The van der Waals surface area contributed by atoms with E-state index in [1.165, 1.54) is 13.2 Å².